The first-order valence-corrected chi connectivity index (χ1v) is 39.1. The highest BCUT2D eigenvalue weighted by molar-refractivity contribution is 5.86. The van der Waals surface area contributed by atoms with Crippen LogP contribution in [0, 0.1) is 34.6 Å². The molecule has 0 aliphatic carbocycles. The van der Waals surface area contributed by atoms with Crippen molar-refractivity contribution in [3.63, 3.8) is 0 Å². The van der Waals surface area contributed by atoms with Gasteiger partial charge in [0.25, 0.3) is 22.2 Å². The van der Waals surface area contributed by atoms with Crippen LogP contribution in [0.1, 0.15) is 41.9 Å². The molecule has 4 fully saturated rings. The summed E-state index contributed by atoms with van der Waals surface area (Å²) in [5.41, 5.74) is 21.2. The molecule has 0 spiro atoms. The van der Waals surface area contributed by atoms with Crippen LogP contribution >= 0.6 is 0 Å². The Morgan fingerprint density at radius 2 is 0.800 bits per heavy atom. The number of aryl methyl sites for hydroxylation is 8. The van der Waals surface area contributed by atoms with E-state index >= 15 is 0 Å². The Balaban J connectivity index is 0.000000111. The maximum absolute atomic E-state index is 13.0. The second kappa shape index (κ2) is 30.6. The lowest BCUT2D eigenvalue weighted by Crippen LogP contribution is -2.57. The number of hydrogen-bond acceptors (Lipinski definition) is 21. The van der Waals surface area contributed by atoms with Crippen molar-refractivity contribution in [2.75, 3.05) is 112 Å². The monoisotopic (exact) mass is 1540 g/mol. The molecule has 4 saturated heterocycles. The van der Waals surface area contributed by atoms with E-state index in [0.717, 1.165) is 184 Å². The number of benzene rings is 3. The molecule has 0 saturated carbocycles. The minimum atomic E-state index is -0.111. The van der Waals surface area contributed by atoms with Crippen molar-refractivity contribution in [1.29, 1.82) is 0 Å². The quantitative estimate of drug-likeness (QED) is 0.122. The number of nitrogens with zero attached hydrogens (tertiary/aromatic N) is 22. The smallest absolute Gasteiger partial charge is 0.258 e. The molecule has 0 amide bonds. The van der Waals surface area contributed by atoms with Crippen LogP contribution in [0.15, 0.2) is 184 Å². The maximum atomic E-state index is 13.0. The third kappa shape index (κ3) is 15.3. The Morgan fingerprint density at radius 3 is 1.24 bits per heavy atom. The molecule has 2 atom stereocenters. The first-order chi connectivity index (χ1) is 55.4. The maximum Gasteiger partial charge on any atom is 0.258 e. The van der Waals surface area contributed by atoms with Gasteiger partial charge in [0.15, 0.2) is 0 Å². The standard InChI is InChI=1S/2C22H24N6O.C21H23N7O.C21H22N6O/c2*1-14-8-18(27-7-6-23-15(2)11-27)13-28-21(29)10-20(24-22(14)28)16-4-5-19-17(9-16)12-26(3)25-19;1-13-9-28-19(14(2)22-13)7-18(24-28)17-8-21(29)27-12-15(5-6-20(27)23-17)26-10-16(11-26)25(3)4;1-14-9-17(26-7-5-22-6-8-26)13-27-20(28)11-19(23-21(14)27)15-3-4-18-16(10-15)12-25(2)24-18/h2*4-5,8-10,12-13,15,23H,6-7,11H2,1-3H3;5-9,12,16H,10-11H2,1-4H3;3-4,9-13,22H,5-8H2,1-2H3/t2*15-;;/m10../s1. The van der Waals surface area contributed by atoms with Crippen molar-refractivity contribution >= 4 is 83.6 Å². The molecular weight excluding hydrogens is 1450 g/mol. The van der Waals surface area contributed by atoms with Crippen LogP contribution in [0.2, 0.25) is 0 Å². The predicted molar refractivity (Wildman–Crippen MR) is 455 cm³/mol. The van der Waals surface area contributed by atoms with Crippen LogP contribution in [0.3, 0.4) is 0 Å². The zero-order valence-electron chi connectivity index (χ0n) is 66.8. The second-order valence-electron chi connectivity index (χ2n) is 31.2. The van der Waals surface area contributed by atoms with E-state index in [-0.39, 0.29) is 22.2 Å². The van der Waals surface area contributed by atoms with Crippen LogP contribution in [-0.4, -0.2) is 197 Å². The second-order valence-corrected chi connectivity index (χ2v) is 31.2. The molecule has 4 aliphatic rings. The third-order valence-electron chi connectivity index (χ3n) is 22.1. The van der Waals surface area contributed by atoms with Crippen molar-refractivity contribution in [1.82, 2.24) is 102 Å². The third-order valence-corrected chi connectivity index (χ3v) is 22.1. The summed E-state index contributed by atoms with van der Waals surface area (Å²) in [6.07, 6.45) is 15.4. The van der Waals surface area contributed by atoms with E-state index in [4.69, 9.17) is 15.0 Å². The molecule has 16 aromatic rings. The van der Waals surface area contributed by atoms with Gasteiger partial charge in [0, 0.05) is 218 Å². The molecule has 29 nitrogen and oxygen atoms in total. The van der Waals surface area contributed by atoms with E-state index in [1.807, 2.05) is 178 Å². The Kier molecular flexibility index (Phi) is 19.9. The highest BCUT2D eigenvalue weighted by Gasteiger charge is 2.29. The molecule has 0 radical (unpaired) electrons. The van der Waals surface area contributed by atoms with Gasteiger partial charge in [-0.2, -0.15) is 20.4 Å². The molecule has 586 valence electrons. The highest BCUT2D eigenvalue weighted by Crippen LogP contribution is 2.31. The fraction of sp³-hybridized carbons (Fsp3) is 0.314. The van der Waals surface area contributed by atoms with Crippen LogP contribution < -0.4 is 57.8 Å². The van der Waals surface area contributed by atoms with Gasteiger partial charge in [-0.3, -0.25) is 55.8 Å². The number of rotatable bonds is 9. The Bertz CT molecular complexity index is 6530. The number of pyridine rings is 4. The lowest BCUT2D eigenvalue weighted by molar-refractivity contribution is 0.247. The van der Waals surface area contributed by atoms with E-state index in [9.17, 15) is 19.2 Å². The van der Waals surface area contributed by atoms with Gasteiger partial charge in [-0.25, -0.2) is 24.5 Å². The summed E-state index contributed by atoms with van der Waals surface area (Å²) in [6.45, 7) is 25.6. The Labute approximate surface area is 662 Å². The number of anilines is 4. The van der Waals surface area contributed by atoms with Crippen LogP contribution in [0.4, 0.5) is 22.7 Å². The van der Waals surface area contributed by atoms with E-state index in [1.165, 1.54) is 0 Å². The molecule has 3 N–H and O–H groups in total. The number of hydrogen-bond donors (Lipinski definition) is 3. The van der Waals surface area contributed by atoms with Gasteiger partial charge in [0.05, 0.1) is 85.2 Å². The molecule has 17 heterocycles. The van der Waals surface area contributed by atoms with Gasteiger partial charge in [-0.05, 0) is 152 Å². The van der Waals surface area contributed by atoms with Crippen molar-refractivity contribution < 1.29 is 0 Å². The first-order valence-electron chi connectivity index (χ1n) is 39.1. The molecular formula is C86H93N25O4. The van der Waals surface area contributed by atoms with Crippen molar-refractivity contribution in [3.05, 3.63) is 234 Å². The lowest BCUT2D eigenvalue weighted by atomic mass is 10.1. The summed E-state index contributed by atoms with van der Waals surface area (Å²) in [6, 6.07) is 38.0. The Hall–Kier alpha value is -12.8. The van der Waals surface area contributed by atoms with Gasteiger partial charge in [-0.15, -0.1) is 0 Å². The van der Waals surface area contributed by atoms with E-state index in [0.29, 0.717) is 69.2 Å². The van der Waals surface area contributed by atoms with Crippen LogP contribution in [-0.2, 0) is 21.1 Å². The number of piperazine rings is 3. The first kappa shape index (κ1) is 74.9. The molecule has 115 heavy (non-hydrogen) atoms. The van der Waals surface area contributed by atoms with E-state index in [2.05, 4.69) is 117 Å². The molecule has 0 unspecified atom stereocenters. The summed E-state index contributed by atoms with van der Waals surface area (Å²) in [4.78, 5) is 86.7. The normalized spacial score (nSPS) is 16.1. The largest absolute Gasteiger partial charge is 0.368 e. The summed E-state index contributed by atoms with van der Waals surface area (Å²) >= 11 is 0. The zero-order chi connectivity index (χ0) is 79.8. The Morgan fingerprint density at radius 1 is 0.383 bits per heavy atom. The highest BCUT2D eigenvalue weighted by atomic mass is 16.1. The minimum Gasteiger partial charge on any atom is -0.368 e. The minimum absolute atomic E-state index is 0.0635. The van der Waals surface area contributed by atoms with Crippen molar-refractivity contribution in [3.8, 4) is 45.2 Å². The van der Waals surface area contributed by atoms with Gasteiger partial charge < -0.3 is 40.4 Å². The average molecular weight is 1540 g/mol. The number of likely N-dealkylation sites (N-methyl/N-ethyl adjacent to an activating group) is 1. The van der Waals surface area contributed by atoms with Crippen LogP contribution in [0.25, 0.3) is 106 Å². The molecule has 29 heteroatoms. The molecule has 20 rings (SSSR count). The average Bonchev–Trinajstić information content (AvgIpc) is 1.65. The summed E-state index contributed by atoms with van der Waals surface area (Å²) in [7, 11) is 9.90. The van der Waals surface area contributed by atoms with E-state index < -0.39 is 0 Å². The molecule has 0 bridgehead atoms. The number of nitrogens with one attached hydrogen (secondary N) is 3. The SMILES string of the molecule is Cc1cc(N2CCNCC2)cn2c(=O)cc(-c3ccc4nn(C)cc4c3)nc12.Cc1cc(N2CCN[C@@H](C)C2)cn2c(=O)cc(-c3ccc4nn(C)cc4c3)nc12.Cc1cc(N2CCN[C@H](C)C2)cn2c(=O)cc(-c3ccc4nn(C)cc4c3)nc12.Cc1cn2nc(-c3cc(=O)n4cc(N5CC(N(C)C)C5)ccc4n3)cc2c(C)n1. The fourth-order valence-electron chi connectivity index (χ4n) is 16.0. The van der Waals surface area contributed by atoms with Gasteiger partial charge in [0.1, 0.15) is 28.3 Å². The molecule has 13 aromatic heterocycles. The van der Waals surface area contributed by atoms with Crippen molar-refractivity contribution in [2.24, 2.45) is 21.1 Å². The summed E-state index contributed by atoms with van der Waals surface area (Å²) < 4.78 is 13.8. The summed E-state index contributed by atoms with van der Waals surface area (Å²) in [5.74, 6) is 0. The van der Waals surface area contributed by atoms with Gasteiger partial charge in [0.2, 0.25) is 0 Å². The van der Waals surface area contributed by atoms with Gasteiger partial charge >= 0.3 is 0 Å². The molecule has 3 aromatic carbocycles. The van der Waals surface area contributed by atoms with Crippen molar-refractivity contribution in [2.45, 2.75) is 66.6 Å². The predicted octanol–water partition coefficient (Wildman–Crippen LogP) is 8.45. The fourth-order valence-corrected chi connectivity index (χ4v) is 16.0. The van der Waals surface area contributed by atoms with E-state index in [1.54, 1.807) is 60.4 Å². The topological polar surface area (TPSA) is 273 Å². The van der Waals surface area contributed by atoms with Crippen LogP contribution in [0.5, 0.6) is 0 Å². The lowest BCUT2D eigenvalue weighted by Gasteiger charge is -2.44. The zero-order valence-corrected chi connectivity index (χ0v) is 66.8. The molecule has 4 aliphatic heterocycles. The number of aromatic nitrogens is 17. The number of fused-ring (bicyclic) bond motifs is 8. The summed E-state index contributed by atoms with van der Waals surface area (Å²) in [5, 5.41) is 31.2. The van der Waals surface area contributed by atoms with Gasteiger partial charge in [-0.1, -0.05) is 18.2 Å².